The van der Waals surface area contributed by atoms with Crippen LogP contribution in [0.5, 0.6) is 0 Å². The number of nitrogens with zero attached hydrogens (tertiary/aromatic N) is 1. The van der Waals surface area contributed by atoms with Gasteiger partial charge in [0.25, 0.3) is 5.91 Å². The summed E-state index contributed by atoms with van der Waals surface area (Å²) in [7, 11) is 1.64. The molecule has 2 spiro atoms. The lowest BCUT2D eigenvalue weighted by molar-refractivity contribution is -0.143. The molecule has 2 amide bonds. The fraction of sp³-hybridized carbons (Fsp3) is 0.905. The van der Waals surface area contributed by atoms with Crippen molar-refractivity contribution in [1.82, 2.24) is 10.2 Å². The summed E-state index contributed by atoms with van der Waals surface area (Å²) in [6, 6.07) is 0.127. The lowest BCUT2D eigenvalue weighted by Crippen LogP contribution is -2.48. The predicted octanol–water partition coefficient (Wildman–Crippen LogP) is 2.79. The third kappa shape index (κ3) is 4.22. The predicted molar refractivity (Wildman–Crippen MR) is 116 cm³/mol. The number of hydrogen-bond donors (Lipinski definition) is 1. The second-order valence-corrected chi connectivity index (χ2v) is 11.5. The molecule has 7 heteroatoms. The first-order chi connectivity index (χ1) is 13.5. The van der Waals surface area contributed by atoms with Crippen LogP contribution in [0.2, 0.25) is 0 Å². The number of thioether (sulfide) groups is 2. The molecule has 2 saturated carbocycles. The molecule has 3 unspecified atom stereocenters. The van der Waals surface area contributed by atoms with Gasteiger partial charge in [0.15, 0.2) is 0 Å². The van der Waals surface area contributed by atoms with Crippen molar-refractivity contribution >= 4 is 35.3 Å². The fourth-order valence-electron chi connectivity index (χ4n) is 5.29. The summed E-state index contributed by atoms with van der Waals surface area (Å²) in [6.45, 7) is 1.45. The Labute approximate surface area is 177 Å². The first-order valence-electron chi connectivity index (χ1n) is 10.7. The quantitative estimate of drug-likeness (QED) is 0.647. The summed E-state index contributed by atoms with van der Waals surface area (Å²) in [6.07, 6.45) is 9.37. The molecule has 0 aromatic heterocycles. The van der Waals surface area contributed by atoms with Gasteiger partial charge in [-0.25, -0.2) is 0 Å². The van der Waals surface area contributed by atoms with Crippen LogP contribution in [0, 0.1) is 16.7 Å². The second-order valence-electron chi connectivity index (χ2n) is 9.31. The molecule has 0 aromatic carbocycles. The maximum Gasteiger partial charge on any atom is 0.252 e. The lowest BCUT2D eigenvalue weighted by Gasteiger charge is -2.29. The van der Waals surface area contributed by atoms with E-state index in [1.807, 2.05) is 16.7 Å². The highest BCUT2D eigenvalue weighted by Crippen LogP contribution is 2.60. The van der Waals surface area contributed by atoms with E-state index in [1.54, 1.807) is 18.9 Å². The third-order valence-electron chi connectivity index (χ3n) is 7.51. The van der Waals surface area contributed by atoms with Crippen LogP contribution in [-0.2, 0) is 14.3 Å². The summed E-state index contributed by atoms with van der Waals surface area (Å²) in [5.74, 6) is 3.87. The highest BCUT2D eigenvalue weighted by molar-refractivity contribution is 7.99. The van der Waals surface area contributed by atoms with Crippen LogP contribution in [0.25, 0.3) is 0 Å². The zero-order valence-corrected chi connectivity index (χ0v) is 18.8. The monoisotopic (exact) mass is 426 g/mol. The minimum absolute atomic E-state index is 0.117. The van der Waals surface area contributed by atoms with Gasteiger partial charge in [-0.1, -0.05) is 0 Å². The number of nitrogens with one attached hydrogen (secondary N) is 1. The smallest absolute Gasteiger partial charge is 0.252 e. The SMILES string of the molecule is COC(CCSC)C(=O)N1CC2(CC2)CC1CNC(=O)C1CC12CCSCC2. The van der Waals surface area contributed by atoms with Gasteiger partial charge in [0.2, 0.25) is 5.91 Å². The fourth-order valence-corrected chi connectivity index (χ4v) is 7.04. The van der Waals surface area contributed by atoms with E-state index in [2.05, 4.69) is 11.6 Å². The van der Waals surface area contributed by atoms with E-state index in [-0.39, 0.29) is 29.9 Å². The Kier molecular flexibility index (Phi) is 6.24. The van der Waals surface area contributed by atoms with Crippen LogP contribution in [0.15, 0.2) is 0 Å². The first kappa shape index (κ1) is 20.9. The molecule has 4 fully saturated rings. The molecule has 5 nitrogen and oxygen atoms in total. The lowest BCUT2D eigenvalue weighted by atomic mass is 9.96. The highest BCUT2D eigenvalue weighted by atomic mass is 32.2. The van der Waals surface area contributed by atoms with E-state index in [4.69, 9.17) is 4.74 Å². The van der Waals surface area contributed by atoms with Crippen molar-refractivity contribution in [3.05, 3.63) is 0 Å². The summed E-state index contributed by atoms with van der Waals surface area (Å²) < 4.78 is 5.52. The third-order valence-corrected chi connectivity index (χ3v) is 9.14. The topological polar surface area (TPSA) is 58.6 Å². The van der Waals surface area contributed by atoms with Crippen LogP contribution in [0.1, 0.15) is 44.9 Å². The van der Waals surface area contributed by atoms with Gasteiger partial charge in [0.1, 0.15) is 6.10 Å². The van der Waals surface area contributed by atoms with Crippen LogP contribution in [0.3, 0.4) is 0 Å². The summed E-state index contributed by atoms with van der Waals surface area (Å²) in [4.78, 5) is 27.9. The number of carbonyl (C=O) groups excluding carboxylic acids is 2. The van der Waals surface area contributed by atoms with E-state index in [9.17, 15) is 9.59 Å². The number of methoxy groups -OCH3 is 1. The normalized spacial score (nSPS) is 30.4. The van der Waals surface area contributed by atoms with Crippen molar-refractivity contribution in [2.45, 2.75) is 57.1 Å². The van der Waals surface area contributed by atoms with E-state index >= 15 is 0 Å². The molecule has 2 aliphatic heterocycles. The molecule has 4 rings (SSSR count). The Balaban J connectivity index is 1.33. The van der Waals surface area contributed by atoms with E-state index < -0.39 is 0 Å². The van der Waals surface area contributed by atoms with E-state index in [1.165, 1.54) is 37.2 Å². The molecule has 28 heavy (non-hydrogen) atoms. The van der Waals surface area contributed by atoms with Crippen LogP contribution >= 0.6 is 23.5 Å². The molecule has 0 aromatic rings. The minimum Gasteiger partial charge on any atom is -0.372 e. The molecule has 2 heterocycles. The van der Waals surface area contributed by atoms with Crippen LogP contribution < -0.4 is 5.32 Å². The van der Waals surface area contributed by atoms with Gasteiger partial charge >= 0.3 is 0 Å². The maximum atomic E-state index is 13.1. The molecule has 3 atom stereocenters. The number of rotatable bonds is 8. The van der Waals surface area contributed by atoms with Crippen molar-refractivity contribution in [2.24, 2.45) is 16.7 Å². The maximum absolute atomic E-state index is 13.1. The molecule has 0 bridgehead atoms. The Morgan fingerprint density at radius 2 is 2.00 bits per heavy atom. The zero-order chi connectivity index (χ0) is 19.8. The summed E-state index contributed by atoms with van der Waals surface area (Å²) >= 11 is 3.76. The standard InChI is InChI=1S/C21H34N2O3S2/c1-26-17(3-8-27-2)19(25)23-14-20(4-5-20)11-15(23)13-22-18(24)16-12-21(16)6-9-28-10-7-21/h15-17H,3-14H2,1-2H3,(H,22,24). The Morgan fingerprint density at radius 1 is 1.25 bits per heavy atom. The Bertz CT molecular complexity index is 604. The van der Waals surface area contributed by atoms with E-state index in [0.717, 1.165) is 31.6 Å². The van der Waals surface area contributed by atoms with Gasteiger partial charge in [-0.3, -0.25) is 9.59 Å². The number of amides is 2. The van der Waals surface area contributed by atoms with Crippen molar-refractivity contribution in [2.75, 3.05) is 43.7 Å². The molecule has 0 radical (unpaired) electrons. The molecular formula is C21H34N2O3S2. The van der Waals surface area contributed by atoms with Crippen LogP contribution in [0.4, 0.5) is 0 Å². The summed E-state index contributed by atoms with van der Waals surface area (Å²) in [5, 5.41) is 3.22. The molecule has 158 valence electrons. The van der Waals surface area contributed by atoms with E-state index in [0.29, 0.717) is 17.4 Å². The molecule has 4 aliphatic rings. The summed E-state index contributed by atoms with van der Waals surface area (Å²) in [5.41, 5.74) is 0.626. The number of hydrogen-bond acceptors (Lipinski definition) is 5. The molecular weight excluding hydrogens is 392 g/mol. The Hall–Kier alpha value is -0.400. The van der Waals surface area contributed by atoms with Gasteiger partial charge in [-0.15, -0.1) is 0 Å². The average molecular weight is 427 g/mol. The second kappa shape index (κ2) is 8.38. The molecule has 2 saturated heterocycles. The zero-order valence-electron chi connectivity index (χ0n) is 17.2. The average Bonchev–Trinajstić information content (AvgIpc) is 3.58. The Morgan fingerprint density at radius 3 is 2.64 bits per heavy atom. The minimum atomic E-state index is -0.356. The highest BCUT2D eigenvalue weighted by Gasteiger charge is 2.58. The van der Waals surface area contributed by atoms with Gasteiger partial charge in [0, 0.05) is 32.2 Å². The van der Waals surface area contributed by atoms with Gasteiger partial charge in [-0.2, -0.15) is 23.5 Å². The number of ether oxygens (including phenoxy) is 1. The van der Waals surface area contributed by atoms with Crippen molar-refractivity contribution in [3.63, 3.8) is 0 Å². The number of likely N-dealkylation sites (tertiary alicyclic amines) is 1. The molecule has 1 N–H and O–H groups in total. The largest absolute Gasteiger partial charge is 0.372 e. The van der Waals surface area contributed by atoms with Crippen molar-refractivity contribution in [3.8, 4) is 0 Å². The molecule has 2 aliphatic carbocycles. The van der Waals surface area contributed by atoms with Crippen LogP contribution in [-0.4, -0.2) is 72.6 Å². The van der Waals surface area contributed by atoms with Crippen molar-refractivity contribution in [1.29, 1.82) is 0 Å². The van der Waals surface area contributed by atoms with Gasteiger partial charge < -0.3 is 15.0 Å². The van der Waals surface area contributed by atoms with Gasteiger partial charge in [-0.05, 0) is 79.3 Å². The number of carbonyl (C=O) groups is 2. The van der Waals surface area contributed by atoms with Crippen molar-refractivity contribution < 1.29 is 14.3 Å². The first-order valence-corrected chi connectivity index (χ1v) is 13.3. The van der Waals surface area contributed by atoms with Gasteiger partial charge in [0.05, 0.1) is 0 Å².